The van der Waals surface area contributed by atoms with Gasteiger partial charge in [-0.15, -0.1) is 0 Å². The zero-order valence-corrected chi connectivity index (χ0v) is 20.4. The average molecular weight is 514 g/mol. The summed E-state index contributed by atoms with van der Waals surface area (Å²) in [6.07, 6.45) is 0.245. The van der Waals surface area contributed by atoms with Gasteiger partial charge in [-0.2, -0.15) is 0 Å². The number of hydrogen-bond acceptors (Lipinski definition) is 6. The molecule has 3 rings (SSSR count). The summed E-state index contributed by atoms with van der Waals surface area (Å²) in [7, 11) is -4.39. The molecule has 1 saturated carbocycles. The third-order valence-corrected chi connectivity index (χ3v) is 8.37. The van der Waals surface area contributed by atoms with Gasteiger partial charge in [0.1, 0.15) is 23.1 Å². The fourth-order valence-electron chi connectivity index (χ4n) is 3.53. The van der Waals surface area contributed by atoms with Crippen molar-refractivity contribution in [1.29, 1.82) is 0 Å². The van der Waals surface area contributed by atoms with E-state index in [4.69, 9.17) is 0 Å². The Morgan fingerprint density at radius 1 is 1.00 bits per heavy atom. The largest absolute Gasteiger partial charge is 0.307 e. The number of hydrogen-bond donors (Lipinski definition) is 1. The van der Waals surface area contributed by atoms with Crippen molar-refractivity contribution in [1.82, 2.24) is 9.29 Å². The van der Waals surface area contributed by atoms with Gasteiger partial charge < -0.3 is 5.32 Å². The molecule has 0 unspecified atom stereocenters. The Bertz CT molecular complexity index is 1280. The van der Waals surface area contributed by atoms with Gasteiger partial charge in [-0.1, -0.05) is 18.2 Å². The summed E-state index contributed by atoms with van der Waals surface area (Å²) in [6, 6.07) is 8.18. The number of sulfone groups is 1. The highest BCUT2D eigenvalue weighted by Crippen LogP contribution is 2.34. The molecule has 1 aliphatic carbocycles. The topological polar surface area (TPSA) is 114 Å². The smallest absolute Gasteiger partial charge is 0.257 e. The van der Waals surface area contributed by atoms with Crippen LogP contribution < -0.4 is 5.32 Å². The maximum absolute atomic E-state index is 13.7. The first-order chi connectivity index (χ1) is 15.8. The van der Waals surface area contributed by atoms with E-state index in [1.807, 2.05) is 0 Å². The number of sulfonamides is 1. The summed E-state index contributed by atoms with van der Waals surface area (Å²) in [5, 5.41) is 2.56. The molecule has 1 N–H and O–H groups in total. The molecule has 12 heteroatoms. The monoisotopic (exact) mass is 513 g/mol. The highest BCUT2D eigenvalue weighted by atomic mass is 32.2. The lowest BCUT2D eigenvalue weighted by molar-refractivity contribution is -0.111. The van der Waals surface area contributed by atoms with E-state index in [-0.39, 0.29) is 34.0 Å². The number of pyridine rings is 1. The minimum atomic E-state index is -3.70. The molecule has 1 amide bonds. The molecule has 8 nitrogen and oxygen atoms in total. The predicted octanol–water partition coefficient (Wildman–Crippen LogP) is 2.84. The molecule has 0 radical (unpaired) electrons. The Morgan fingerprint density at radius 2 is 1.56 bits per heavy atom. The van der Waals surface area contributed by atoms with Gasteiger partial charge in [0, 0.05) is 32.1 Å². The lowest BCUT2D eigenvalue weighted by Gasteiger charge is -2.13. The summed E-state index contributed by atoms with van der Waals surface area (Å²) in [5.74, 6) is -1.10. The molecule has 184 valence electrons. The van der Waals surface area contributed by atoms with E-state index in [1.54, 1.807) is 0 Å². The van der Waals surface area contributed by atoms with Crippen LogP contribution in [0.3, 0.4) is 0 Å². The summed E-state index contributed by atoms with van der Waals surface area (Å²) < 4.78 is 76.3. The molecule has 34 heavy (non-hydrogen) atoms. The predicted molar refractivity (Wildman–Crippen MR) is 124 cm³/mol. The number of allylic oxidation sites excluding steroid dienone is 1. The fourth-order valence-corrected chi connectivity index (χ4v) is 5.01. The van der Waals surface area contributed by atoms with Crippen LogP contribution in [0, 0.1) is 5.92 Å². The van der Waals surface area contributed by atoms with Crippen molar-refractivity contribution in [2.75, 3.05) is 25.7 Å². The van der Waals surface area contributed by atoms with Crippen molar-refractivity contribution >= 4 is 37.2 Å². The second kappa shape index (κ2) is 9.88. The number of rotatable bonds is 7. The Hall–Kier alpha value is -2.70. The average Bonchev–Trinajstić information content (AvgIpc) is 3.08. The van der Waals surface area contributed by atoms with Gasteiger partial charge in [-0.3, -0.25) is 4.79 Å². The second-order valence-corrected chi connectivity index (χ2v) is 12.4. The zero-order chi connectivity index (χ0) is 25.3. The van der Waals surface area contributed by atoms with Crippen molar-refractivity contribution in [3.05, 3.63) is 54.2 Å². The first-order valence-corrected chi connectivity index (χ1v) is 13.6. The van der Waals surface area contributed by atoms with Gasteiger partial charge in [0.05, 0.1) is 4.90 Å². The number of anilines is 1. The van der Waals surface area contributed by atoms with Gasteiger partial charge in [0.2, 0.25) is 10.0 Å². The molecular weight excluding hydrogens is 488 g/mol. The van der Waals surface area contributed by atoms with E-state index in [2.05, 4.69) is 10.3 Å². The minimum absolute atomic E-state index is 0.0587. The highest BCUT2D eigenvalue weighted by molar-refractivity contribution is 7.90. The van der Waals surface area contributed by atoms with E-state index in [0.717, 1.165) is 16.8 Å². The molecule has 0 saturated heterocycles. The first-order valence-electron chi connectivity index (χ1n) is 10.3. The van der Waals surface area contributed by atoms with Crippen LogP contribution in [0.2, 0.25) is 0 Å². The molecule has 0 aliphatic heterocycles. The van der Waals surface area contributed by atoms with Crippen LogP contribution in [0.1, 0.15) is 18.4 Å². The molecule has 3 atom stereocenters. The number of benzene rings is 1. The van der Waals surface area contributed by atoms with Crippen molar-refractivity contribution < 1.29 is 30.4 Å². The number of amides is 1. The first kappa shape index (κ1) is 25.9. The maximum atomic E-state index is 13.7. The van der Waals surface area contributed by atoms with Gasteiger partial charge in [0.25, 0.3) is 5.91 Å². The number of nitrogens with one attached hydrogen (secondary N) is 1. The highest BCUT2D eigenvalue weighted by Gasteiger charge is 2.34. The molecule has 1 aromatic heterocycles. The Morgan fingerprint density at radius 3 is 2.03 bits per heavy atom. The summed E-state index contributed by atoms with van der Waals surface area (Å²) >= 11 is 0. The van der Waals surface area contributed by atoms with Gasteiger partial charge in [0.15, 0.2) is 9.84 Å². The number of alkyl halides is 2. The van der Waals surface area contributed by atoms with Crippen LogP contribution in [0.15, 0.2) is 58.5 Å². The minimum Gasteiger partial charge on any atom is -0.307 e. The second-order valence-electron chi connectivity index (χ2n) is 8.26. The van der Waals surface area contributed by atoms with Crippen molar-refractivity contribution in [2.45, 2.75) is 35.0 Å². The number of carbonyl (C=O) groups is 1. The van der Waals surface area contributed by atoms with Gasteiger partial charge in [-0.05, 0) is 48.6 Å². The fraction of sp³-hybridized carbons (Fsp3) is 0.364. The third-order valence-electron chi connectivity index (χ3n) is 5.45. The lowest BCUT2D eigenvalue weighted by Crippen LogP contribution is -2.22. The van der Waals surface area contributed by atoms with Crippen molar-refractivity contribution in [3.63, 3.8) is 0 Å². The molecule has 1 aromatic carbocycles. The van der Waals surface area contributed by atoms with Crippen LogP contribution in [0.4, 0.5) is 14.6 Å². The molecular formula is C22H25F2N3O5S2. The van der Waals surface area contributed by atoms with Crippen molar-refractivity contribution in [2.24, 2.45) is 5.92 Å². The third kappa shape index (κ3) is 5.86. The number of nitrogens with zero attached hydrogens (tertiary/aromatic N) is 2. The SMILES string of the molecule is CN(C)S(=O)(=O)c1ccc(NC(=O)/C(=C/[C@H]2C[C@@H](F)[C@@H](F)C2)c2ccc(S(C)(=O)=O)cc2)nc1. The normalized spacial score (nSPS) is 21.6. The van der Waals surface area contributed by atoms with E-state index >= 15 is 0 Å². The van der Waals surface area contributed by atoms with Gasteiger partial charge in [-0.25, -0.2) is 34.9 Å². The van der Waals surface area contributed by atoms with Crippen LogP contribution in [0.5, 0.6) is 0 Å². The molecule has 1 fully saturated rings. The van der Waals surface area contributed by atoms with Crippen LogP contribution in [0.25, 0.3) is 5.57 Å². The quantitative estimate of drug-likeness (QED) is 0.570. The maximum Gasteiger partial charge on any atom is 0.257 e. The Labute approximate surface area is 197 Å². The van der Waals surface area contributed by atoms with Crippen LogP contribution in [-0.2, 0) is 24.7 Å². The molecule has 0 spiro atoms. The Kier molecular flexibility index (Phi) is 7.53. The number of halogens is 2. The summed E-state index contributed by atoms with van der Waals surface area (Å²) in [4.78, 5) is 17.1. The van der Waals surface area contributed by atoms with E-state index < -0.39 is 44.0 Å². The zero-order valence-electron chi connectivity index (χ0n) is 18.8. The van der Waals surface area contributed by atoms with E-state index in [1.165, 1.54) is 56.6 Å². The molecule has 0 bridgehead atoms. The number of carbonyl (C=O) groups excluding carboxylic acids is 1. The van der Waals surface area contributed by atoms with E-state index in [9.17, 15) is 30.4 Å². The number of aromatic nitrogens is 1. The summed E-state index contributed by atoms with van der Waals surface area (Å²) in [5.41, 5.74) is 0.451. The molecule has 2 aromatic rings. The molecule has 1 aliphatic rings. The standard InChI is InChI=1S/C22H25F2N3O5S2/c1-27(2)34(31,32)17-8-9-21(25-13-17)26-22(28)18(10-14-11-19(23)20(24)12-14)15-4-6-16(7-5-15)33(3,29)30/h4-10,13-14,19-20H,11-12H2,1-3H3,(H,25,26,28)/b18-10+/t14-,19+,20-. The van der Waals surface area contributed by atoms with Gasteiger partial charge >= 0.3 is 0 Å². The van der Waals surface area contributed by atoms with Crippen LogP contribution in [-0.4, -0.2) is 64.7 Å². The van der Waals surface area contributed by atoms with Crippen molar-refractivity contribution in [3.8, 4) is 0 Å². The summed E-state index contributed by atoms with van der Waals surface area (Å²) in [6.45, 7) is 0. The van der Waals surface area contributed by atoms with Crippen LogP contribution >= 0.6 is 0 Å². The molecule has 1 heterocycles. The lowest BCUT2D eigenvalue weighted by atomic mass is 9.98. The van der Waals surface area contributed by atoms with E-state index in [0.29, 0.717) is 5.56 Å². The Balaban J connectivity index is 1.91.